The van der Waals surface area contributed by atoms with Crippen LogP contribution in [0.3, 0.4) is 0 Å². The van der Waals surface area contributed by atoms with Crippen LogP contribution in [0.5, 0.6) is 0 Å². The van der Waals surface area contributed by atoms with Gasteiger partial charge in [0, 0.05) is 0 Å². The summed E-state index contributed by atoms with van der Waals surface area (Å²) in [5.74, 6) is -0.861. The maximum Gasteiger partial charge on any atom is 0.154 e. The van der Waals surface area contributed by atoms with E-state index in [4.69, 9.17) is 4.74 Å². The highest BCUT2D eigenvalue weighted by Gasteiger charge is 2.60. The fourth-order valence-corrected chi connectivity index (χ4v) is 6.10. The van der Waals surface area contributed by atoms with Crippen molar-refractivity contribution < 1.29 is 14.3 Å². The van der Waals surface area contributed by atoms with Gasteiger partial charge in [0.2, 0.25) is 0 Å². The van der Waals surface area contributed by atoms with E-state index >= 15 is 0 Å². The van der Waals surface area contributed by atoms with Crippen LogP contribution in [0.2, 0.25) is 0 Å². The molecule has 2 aromatic carbocycles. The molecule has 0 radical (unpaired) electrons. The molecule has 30 heavy (non-hydrogen) atoms. The molecule has 0 aromatic heterocycles. The Hall–Kier alpha value is -2.26. The topological polar surface area (TPSA) is 43.4 Å². The Kier molecular flexibility index (Phi) is 4.89. The molecule has 3 unspecified atom stereocenters. The minimum absolute atomic E-state index is 0.0547. The fraction of sp³-hybridized carbons (Fsp3) is 0.481. The number of ether oxygens (including phenoxy) is 1. The van der Waals surface area contributed by atoms with Crippen molar-refractivity contribution in [3.05, 3.63) is 58.7 Å². The monoisotopic (exact) mass is 402 g/mol. The molecule has 0 amide bonds. The van der Waals surface area contributed by atoms with Crippen molar-refractivity contribution in [3.8, 4) is 11.1 Å². The molecule has 2 aliphatic heterocycles. The second-order valence-electron chi connectivity index (χ2n) is 9.36. The smallest absolute Gasteiger partial charge is 0.154 e. The first kappa shape index (κ1) is 19.7. The van der Waals surface area contributed by atoms with E-state index < -0.39 is 5.92 Å². The minimum Gasteiger partial charge on any atom is -0.373 e. The van der Waals surface area contributed by atoms with Crippen LogP contribution in [0.15, 0.2) is 36.4 Å². The first-order valence-corrected chi connectivity index (χ1v) is 11.4. The third-order valence-corrected chi connectivity index (χ3v) is 7.57. The molecular formula is C27H30O3. The summed E-state index contributed by atoms with van der Waals surface area (Å²) in [5.41, 5.74) is 6.66. The lowest BCUT2D eigenvalue weighted by Gasteiger charge is -2.20. The summed E-state index contributed by atoms with van der Waals surface area (Å²) in [7, 11) is 0. The maximum atomic E-state index is 13.5. The highest BCUT2D eigenvalue weighted by atomic mass is 16.5. The molecule has 2 aromatic rings. The number of benzene rings is 2. The van der Waals surface area contributed by atoms with Crippen LogP contribution < -0.4 is 0 Å². The van der Waals surface area contributed by atoms with Crippen molar-refractivity contribution in [2.24, 2.45) is 11.8 Å². The number of hydrogen-bond acceptors (Lipinski definition) is 3. The lowest BCUT2D eigenvalue weighted by Crippen LogP contribution is -2.26. The molecule has 2 heterocycles. The quantitative estimate of drug-likeness (QED) is 0.651. The number of fused-ring (bicyclic) bond motifs is 5. The first-order valence-electron chi connectivity index (χ1n) is 11.4. The van der Waals surface area contributed by atoms with Crippen molar-refractivity contribution in [2.75, 3.05) is 0 Å². The van der Waals surface area contributed by atoms with Gasteiger partial charge in [0.05, 0.1) is 24.0 Å². The Morgan fingerprint density at radius 1 is 0.833 bits per heavy atom. The summed E-state index contributed by atoms with van der Waals surface area (Å²) < 4.78 is 6.13. The zero-order valence-corrected chi connectivity index (χ0v) is 18.1. The summed E-state index contributed by atoms with van der Waals surface area (Å²) >= 11 is 0. The Morgan fingerprint density at radius 2 is 1.37 bits per heavy atom. The Morgan fingerprint density at radius 3 is 1.87 bits per heavy atom. The number of carbonyl (C=O) groups excluding carboxylic acids is 2. The largest absolute Gasteiger partial charge is 0.373 e. The summed E-state index contributed by atoms with van der Waals surface area (Å²) in [6.07, 6.45) is 4.93. The Labute approximate surface area is 178 Å². The van der Waals surface area contributed by atoms with Gasteiger partial charge >= 0.3 is 0 Å². The van der Waals surface area contributed by atoms with Crippen LogP contribution in [0, 0.1) is 25.7 Å². The Bertz CT molecular complexity index is 950. The average Bonchev–Trinajstić information content (AvgIpc) is 3.08. The highest BCUT2D eigenvalue weighted by molar-refractivity contribution is 6.17. The van der Waals surface area contributed by atoms with E-state index in [1.54, 1.807) is 0 Å². The molecule has 5 rings (SSSR count). The van der Waals surface area contributed by atoms with Crippen molar-refractivity contribution >= 4 is 11.6 Å². The predicted octanol–water partition coefficient (Wildman–Crippen LogP) is 5.34. The fourth-order valence-electron chi connectivity index (χ4n) is 6.10. The van der Waals surface area contributed by atoms with Gasteiger partial charge in [-0.1, -0.05) is 56.2 Å². The first-order chi connectivity index (χ1) is 14.5. The minimum atomic E-state index is -0.608. The number of carbonyl (C=O) groups is 2. The molecule has 5 atom stereocenters. The van der Waals surface area contributed by atoms with E-state index in [1.807, 2.05) is 13.8 Å². The molecule has 3 aliphatic rings. The van der Waals surface area contributed by atoms with Gasteiger partial charge in [-0.3, -0.25) is 9.59 Å². The van der Waals surface area contributed by atoms with Gasteiger partial charge in [0.15, 0.2) is 11.6 Å². The highest BCUT2D eigenvalue weighted by Crippen LogP contribution is 2.51. The zero-order valence-electron chi connectivity index (χ0n) is 18.1. The lowest BCUT2D eigenvalue weighted by atomic mass is 9.83. The van der Waals surface area contributed by atoms with Crippen molar-refractivity contribution in [2.45, 2.75) is 71.0 Å². The summed E-state index contributed by atoms with van der Waals surface area (Å²) in [5, 5.41) is 0. The summed E-state index contributed by atoms with van der Waals surface area (Å²) in [6.45, 7) is 6.25. The van der Waals surface area contributed by atoms with Crippen molar-refractivity contribution in [1.29, 1.82) is 0 Å². The molecule has 156 valence electrons. The number of hydrogen-bond donors (Lipinski definition) is 0. The molecule has 2 bridgehead atoms. The molecule has 1 saturated carbocycles. The summed E-state index contributed by atoms with van der Waals surface area (Å²) in [6, 6.07) is 12.9. The standard InChI is InChI=1S/C27H30O3/c1-4-17-9-11-18(12-10-17)19-13-15(2)22(16(3)14-19)25-26(28)23-20-7-5-6-8-21(30-20)24(23)27(25)29/h9-14,20-21,23-25H,4-8H2,1-3H3/t20-,21?,23-,24?,25?/m0/s1. The van der Waals surface area contributed by atoms with E-state index in [1.165, 1.54) is 11.1 Å². The van der Waals surface area contributed by atoms with Crippen LogP contribution in [0.4, 0.5) is 0 Å². The molecule has 1 aliphatic carbocycles. The van der Waals surface area contributed by atoms with Crippen LogP contribution in [0.1, 0.15) is 60.8 Å². The normalized spacial score (nSPS) is 30.4. The van der Waals surface area contributed by atoms with Crippen LogP contribution in [-0.4, -0.2) is 23.8 Å². The van der Waals surface area contributed by atoms with Crippen LogP contribution in [0.25, 0.3) is 11.1 Å². The molecule has 2 saturated heterocycles. The third kappa shape index (κ3) is 2.98. The van der Waals surface area contributed by atoms with Gasteiger partial charge in [-0.25, -0.2) is 0 Å². The van der Waals surface area contributed by atoms with Gasteiger partial charge in [0.25, 0.3) is 0 Å². The SMILES string of the molecule is CCc1ccc(-c2cc(C)c(C3C(=O)C4C5CCCC[C@H](O5)[C@@H]4C3=O)c(C)c2)cc1. The second kappa shape index (κ2) is 7.46. The molecule has 0 N–H and O–H groups in total. The third-order valence-electron chi connectivity index (χ3n) is 7.57. The molecule has 3 heteroatoms. The van der Waals surface area contributed by atoms with Gasteiger partial charge < -0.3 is 4.74 Å². The molecule has 3 nitrogen and oxygen atoms in total. The van der Waals surface area contributed by atoms with E-state index in [0.29, 0.717) is 0 Å². The van der Waals surface area contributed by atoms with E-state index in [9.17, 15) is 9.59 Å². The van der Waals surface area contributed by atoms with Gasteiger partial charge in [0.1, 0.15) is 5.92 Å². The zero-order chi connectivity index (χ0) is 21.0. The predicted molar refractivity (Wildman–Crippen MR) is 118 cm³/mol. The number of rotatable bonds is 3. The van der Waals surface area contributed by atoms with Crippen LogP contribution >= 0.6 is 0 Å². The lowest BCUT2D eigenvalue weighted by molar-refractivity contribution is -0.128. The maximum absolute atomic E-state index is 13.5. The number of aryl methyl sites for hydroxylation is 3. The Balaban J connectivity index is 1.51. The average molecular weight is 403 g/mol. The van der Waals surface area contributed by atoms with Gasteiger partial charge in [-0.05, 0) is 66.5 Å². The van der Waals surface area contributed by atoms with Crippen LogP contribution in [-0.2, 0) is 20.7 Å². The molecular weight excluding hydrogens is 372 g/mol. The van der Waals surface area contributed by atoms with Crippen molar-refractivity contribution in [3.63, 3.8) is 0 Å². The number of ketones is 2. The van der Waals surface area contributed by atoms with Gasteiger partial charge in [-0.2, -0.15) is 0 Å². The van der Waals surface area contributed by atoms with E-state index in [0.717, 1.165) is 54.4 Å². The van der Waals surface area contributed by atoms with E-state index in [-0.39, 0.29) is 35.6 Å². The molecule has 0 spiro atoms. The number of Topliss-reactive ketones (excluding diaryl/α,β-unsaturated/α-hetero) is 2. The van der Waals surface area contributed by atoms with Crippen molar-refractivity contribution in [1.82, 2.24) is 0 Å². The molecule has 3 fully saturated rings. The second-order valence-corrected chi connectivity index (χ2v) is 9.36. The van der Waals surface area contributed by atoms with Gasteiger partial charge in [-0.15, -0.1) is 0 Å². The van der Waals surface area contributed by atoms with E-state index in [2.05, 4.69) is 43.3 Å². The summed E-state index contributed by atoms with van der Waals surface area (Å²) in [4.78, 5) is 27.0.